The molecule has 0 radical (unpaired) electrons. The van der Waals surface area contributed by atoms with Crippen LogP contribution in [0, 0.1) is 0 Å². The van der Waals surface area contributed by atoms with Gasteiger partial charge in [-0.15, -0.1) is 0 Å². The third-order valence-electron chi connectivity index (χ3n) is 1.49. The maximum Gasteiger partial charge on any atom is 0.158 e. The van der Waals surface area contributed by atoms with Crippen LogP contribution in [0.2, 0.25) is 13.1 Å². The van der Waals surface area contributed by atoms with Gasteiger partial charge in [0.25, 0.3) is 0 Å². The first kappa shape index (κ1) is 11.4. The molecule has 0 aromatic rings. The average Bonchev–Trinajstić information content (AvgIpc) is 2.03. The maximum absolute atomic E-state index is 5.35. The van der Waals surface area contributed by atoms with Crippen LogP contribution in [0.3, 0.4) is 0 Å². The molecular weight excluding hydrogens is 172 g/mol. The second-order valence-corrected chi connectivity index (χ2v) is 4.43. The van der Waals surface area contributed by atoms with Gasteiger partial charge in [-0.25, -0.2) is 0 Å². The smallest absolute Gasteiger partial charge is 0.158 e. The molecule has 0 bridgehead atoms. The molecule has 0 spiro atoms. The Hall–Kier alpha value is 0.354. The topological polar surface area (TPSA) is 18.5 Å². The van der Waals surface area contributed by atoms with Gasteiger partial charge in [0.1, 0.15) is 0 Å². The number of hydrogen-bond acceptors (Lipinski definition) is 2. The Kier molecular flexibility index (Phi) is 10.7. The van der Waals surface area contributed by atoms with E-state index in [0.29, 0.717) is 0 Å². The van der Waals surface area contributed by atoms with Gasteiger partial charge in [-0.3, -0.25) is 0 Å². The summed E-state index contributed by atoms with van der Waals surface area (Å²) in [5, 5.41) is 0. The largest absolute Gasteiger partial charge is 0.424 e. The maximum atomic E-state index is 5.35. The number of hydrogen-bond donors (Lipinski definition) is 0. The second kappa shape index (κ2) is 10.4. The molecule has 0 saturated carbocycles. The summed E-state index contributed by atoms with van der Waals surface area (Å²) >= 11 is 0. The predicted molar refractivity (Wildman–Crippen MR) is 54.6 cm³/mol. The molecule has 0 amide bonds. The highest BCUT2D eigenvalue weighted by atomic mass is 28.2. The highest BCUT2D eigenvalue weighted by molar-refractivity contribution is 6.24. The van der Waals surface area contributed by atoms with Crippen LogP contribution < -0.4 is 0 Å². The third kappa shape index (κ3) is 10.4. The summed E-state index contributed by atoms with van der Waals surface area (Å²) < 4.78 is 10.7. The van der Waals surface area contributed by atoms with Crippen molar-refractivity contribution in [3.8, 4) is 0 Å². The lowest BCUT2D eigenvalue weighted by atomic mass is 10.2. The standard InChI is InChI=1S/C7H20O2Si2/c1-10-8-6-4-3-5-7-9-11-2/h3-7,10-11H2,1-2H3. The highest BCUT2D eigenvalue weighted by Gasteiger charge is 1.88. The summed E-state index contributed by atoms with van der Waals surface area (Å²) in [6.45, 7) is 6.30. The highest BCUT2D eigenvalue weighted by Crippen LogP contribution is 1.95. The van der Waals surface area contributed by atoms with Crippen LogP contribution in [0.1, 0.15) is 19.3 Å². The molecule has 11 heavy (non-hydrogen) atoms. The van der Waals surface area contributed by atoms with E-state index in [0.717, 1.165) is 13.2 Å². The summed E-state index contributed by atoms with van der Waals surface area (Å²) in [5.41, 5.74) is 0. The van der Waals surface area contributed by atoms with Crippen molar-refractivity contribution < 1.29 is 8.85 Å². The Morgan fingerprint density at radius 3 is 1.64 bits per heavy atom. The van der Waals surface area contributed by atoms with Gasteiger partial charge in [0, 0.05) is 13.2 Å². The predicted octanol–water partition coefficient (Wildman–Crippen LogP) is 0.454. The van der Waals surface area contributed by atoms with Crippen LogP contribution in [0.25, 0.3) is 0 Å². The van der Waals surface area contributed by atoms with E-state index < -0.39 is 0 Å². The molecule has 0 rings (SSSR count). The van der Waals surface area contributed by atoms with Crippen LogP contribution in [0.5, 0.6) is 0 Å². The zero-order valence-corrected chi connectivity index (χ0v) is 10.6. The zero-order valence-electron chi connectivity index (χ0n) is 7.77. The molecule has 0 aromatic carbocycles. The summed E-state index contributed by atoms with van der Waals surface area (Å²) in [5.74, 6) is 0. The second-order valence-electron chi connectivity index (χ2n) is 2.45. The van der Waals surface area contributed by atoms with Crippen molar-refractivity contribution in [1.29, 1.82) is 0 Å². The lowest BCUT2D eigenvalue weighted by Crippen LogP contribution is -1.99. The Morgan fingerprint density at radius 2 is 1.27 bits per heavy atom. The summed E-state index contributed by atoms with van der Waals surface area (Å²) in [7, 11) is -0.309. The van der Waals surface area contributed by atoms with Crippen molar-refractivity contribution in [2.45, 2.75) is 32.4 Å². The fourth-order valence-electron chi connectivity index (χ4n) is 0.874. The first-order valence-electron chi connectivity index (χ1n) is 4.57. The first-order chi connectivity index (χ1) is 5.41. The normalized spacial score (nSPS) is 12.5. The van der Waals surface area contributed by atoms with Crippen LogP contribution in [-0.2, 0) is 8.85 Å². The molecule has 2 nitrogen and oxygen atoms in total. The molecule has 68 valence electrons. The van der Waals surface area contributed by atoms with Crippen molar-refractivity contribution >= 4 is 19.5 Å². The van der Waals surface area contributed by atoms with E-state index in [1.165, 1.54) is 19.3 Å². The molecular formula is C7H20O2Si2. The fourth-order valence-corrected chi connectivity index (χ4v) is 1.86. The van der Waals surface area contributed by atoms with Crippen molar-refractivity contribution in [1.82, 2.24) is 0 Å². The molecule has 0 fully saturated rings. The molecule has 4 heteroatoms. The van der Waals surface area contributed by atoms with Crippen LogP contribution in [-0.4, -0.2) is 32.7 Å². The number of unbranched alkanes of at least 4 members (excludes halogenated alkanes) is 2. The third-order valence-corrected chi connectivity index (χ3v) is 2.88. The Morgan fingerprint density at radius 1 is 0.818 bits per heavy atom. The Bertz CT molecular complexity index is 63.5. The Labute approximate surface area is 74.6 Å². The quantitative estimate of drug-likeness (QED) is 0.411. The van der Waals surface area contributed by atoms with Gasteiger partial charge in [0.15, 0.2) is 19.5 Å². The summed E-state index contributed by atoms with van der Waals surface area (Å²) in [6, 6.07) is 0. The molecule has 0 aliphatic heterocycles. The summed E-state index contributed by atoms with van der Waals surface area (Å²) in [6.07, 6.45) is 3.70. The van der Waals surface area contributed by atoms with Gasteiger partial charge < -0.3 is 8.85 Å². The molecule has 0 atom stereocenters. The molecule has 0 heterocycles. The van der Waals surface area contributed by atoms with E-state index in [1.807, 2.05) is 0 Å². The first-order valence-corrected chi connectivity index (χ1v) is 8.55. The molecule has 0 saturated heterocycles. The van der Waals surface area contributed by atoms with Gasteiger partial charge in [-0.1, -0.05) is 13.1 Å². The van der Waals surface area contributed by atoms with Crippen LogP contribution in [0.15, 0.2) is 0 Å². The molecule has 0 aliphatic carbocycles. The molecule has 0 N–H and O–H groups in total. The van der Waals surface area contributed by atoms with E-state index in [4.69, 9.17) is 8.85 Å². The van der Waals surface area contributed by atoms with Gasteiger partial charge >= 0.3 is 0 Å². The zero-order chi connectivity index (χ0) is 8.36. The molecule has 0 unspecified atom stereocenters. The van der Waals surface area contributed by atoms with E-state index in [2.05, 4.69) is 13.1 Å². The van der Waals surface area contributed by atoms with E-state index in [9.17, 15) is 0 Å². The lowest BCUT2D eigenvalue weighted by Gasteiger charge is -2.01. The van der Waals surface area contributed by atoms with Crippen molar-refractivity contribution in [2.24, 2.45) is 0 Å². The van der Waals surface area contributed by atoms with E-state index in [1.54, 1.807) is 0 Å². The van der Waals surface area contributed by atoms with Crippen molar-refractivity contribution in [3.05, 3.63) is 0 Å². The monoisotopic (exact) mass is 192 g/mol. The van der Waals surface area contributed by atoms with Crippen molar-refractivity contribution in [2.75, 3.05) is 13.2 Å². The minimum absolute atomic E-state index is 0.154. The van der Waals surface area contributed by atoms with Gasteiger partial charge in [-0.05, 0) is 19.3 Å². The summed E-state index contributed by atoms with van der Waals surface area (Å²) in [4.78, 5) is 0. The minimum Gasteiger partial charge on any atom is -0.424 e. The molecule has 0 aromatic heterocycles. The van der Waals surface area contributed by atoms with Crippen LogP contribution >= 0.6 is 0 Å². The Balaban J connectivity index is 2.69. The fraction of sp³-hybridized carbons (Fsp3) is 1.00. The van der Waals surface area contributed by atoms with Gasteiger partial charge in [0.05, 0.1) is 0 Å². The van der Waals surface area contributed by atoms with Gasteiger partial charge in [0.2, 0.25) is 0 Å². The minimum atomic E-state index is -0.154. The van der Waals surface area contributed by atoms with E-state index >= 15 is 0 Å². The molecule has 0 aliphatic rings. The van der Waals surface area contributed by atoms with Crippen molar-refractivity contribution in [3.63, 3.8) is 0 Å². The van der Waals surface area contributed by atoms with E-state index in [-0.39, 0.29) is 19.5 Å². The van der Waals surface area contributed by atoms with Gasteiger partial charge in [-0.2, -0.15) is 0 Å². The average molecular weight is 192 g/mol. The SMILES string of the molecule is C[SiH2]OCCCCCO[SiH2]C. The lowest BCUT2D eigenvalue weighted by molar-refractivity contribution is 0.296. The van der Waals surface area contributed by atoms with Crippen LogP contribution in [0.4, 0.5) is 0 Å². The number of rotatable bonds is 8.